The molecule has 0 heterocycles. The van der Waals surface area contributed by atoms with Crippen LogP contribution >= 0.6 is 0 Å². The molecule has 0 aromatic rings. The van der Waals surface area contributed by atoms with Gasteiger partial charge in [0.25, 0.3) is 0 Å². The monoisotopic (exact) mass is 226 g/mol. The van der Waals surface area contributed by atoms with E-state index in [1.54, 1.807) is 6.92 Å². The van der Waals surface area contributed by atoms with Crippen LogP contribution in [0, 0.1) is 6.92 Å². The van der Waals surface area contributed by atoms with Crippen LogP contribution in [-0.2, 0) is 22.4 Å². The number of rotatable bonds is 0. The molecular weight excluding hydrogens is 219 g/mol. The van der Waals surface area contributed by atoms with E-state index in [-0.39, 0.29) is 28.5 Å². The molecule has 0 saturated carbocycles. The third-order valence-electron chi connectivity index (χ3n) is 0. The van der Waals surface area contributed by atoms with Gasteiger partial charge in [0, 0.05) is 0 Å². The van der Waals surface area contributed by atoms with Crippen LogP contribution in [0.15, 0.2) is 0 Å². The van der Waals surface area contributed by atoms with E-state index in [0.717, 1.165) is 0 Å². The zero-order valence-corrected chi connectivity index (χ0v) is 5.95. The predicted octanol–water partition coefficient (Wildman–Crippen LogP) is 1.55. The maximum Gasteiger partial charge on any atom is 2.00 e. The minimum absolute atomic E-state index is 0. The molecule has 0 fully saturated rings. The first-order valence-corrected chi connectivity index (χ1v) is 0.707. The van der Waals surface area contributed by atoms with Crippen molar-refractivity contribution in [3.63, 3.8) is 0 Å². The van der Waals surface area contributed by atoms with Crippen LogP contribution in [0.3, 0.4) is 0 Å². The minimum Gasteiger partial charge on any atom is -0.693 e. The normalized spacial score (nSPS) is 1.50. The average molecular weight is 226 g/mol. The molecule has 2 heteroatoms. The van der Waals surface area contributed by atoms with Gasteiger partial charge in [-0.15, -0.1) is 0 Å². The summed E-state index contributed by atoms with van der Waals surface area (Å²) < 4.78 is 0. The second-order valence-corrected chi connectivity index (χ2v) is 0. The van der Waals surface area contributed by atoms with Gasteiger partial charge in [0.15, 0.2) is 0 Å². The molecular formula is C2H7NTa. The van der Waals surface area contributed by atoms with Crippen molar-refractivity contribution < 1.29 is 22.4 Å². The first-order chi connectivity index (χ1) is 1.00. The molecule has 0 aromatic heterocycles. The van der Waals surface area contributed by atoms with Crippen molar-refractivity contribution in [3.8, 4) is 0 Å². The summed E-state index contributed by atoms with van der Waals surface area (Å²) >= 11 is 0. The molecule has 0 aromatic carbocycles. The average Bonchev–Trinajstić information content (AvgIpc) is 1.00. The molecule has 0 spiro atoms. The first kappa shape index (κ1) is 22.3. The van der Waals surface area contributed by atoms with Crippen molar-refractivity contribution in [2.24, 2.45) is 0 Å². The molecule has 1 radical (unpaired) electrons. The standard InChI is InChI=1S/C2H5.H2N.Ta/c1-2;;/h1H2,2H3;1H2;/q2*-1;+2. The Hall–Kier alpha value is 0.700. The molecule has 25 valence electrons. The largest absolute Gasteiger partial charge is 2.00 e. The van der Waals surface area contributed by atoms with Gasteiger partial charge in [0.2, 0.25) is 0 Å². The van der Waals surface area contributed by atoms with Crippen molar-refractivity contribution >= 4 is 0 Å². The minimum atomic E-state index is 0. The molecule has 0 unspecified atom stereocenters. The Morgan fingerprint density at radius 3 is 1.25 bits per heavy atom. The van der Waals surface area contributed by atoms with Crippen molar-refractivity contribution in [1.29, 1.82) is 0 Å². The van der Waals surface area contributed by atoms with Crippen LogP contribution in [0.2, 0.25) is 0 Å². The third-order valence-corrected chi connectivity index (χ3v) is 0. The summed E-state index contributed by atoms with van der Waals surface area (Å²) in [5.41, 5.74) is 0. The van der Waals surface area contributed by atoms with E-state index in [2.05, 4.69) is 6.92 Å². The molecule has 0 saturated heterocycles. The van der Waals surface area contributed by atoms with E-state index in [1.165, 1.54) is 0 Å². The van der Waals surface area contributed by atoms with Crippen LogP contribution in [0.25, 0.3) is 6.15 Å². The molecule has 0 aliphatic carbocycles. The summed E-state index contributed by atoms with van der Waals surface area (Å²) in [6.45, 7) is 5.00. The Morgan fingerprint density at radius 2 is 1.25 bits per heavy atom. The summed E-state index contributed by atoms with van der Waals surface area (Å²) in [5.74, 6) is 0. The Labute approximate surface area is 42.9 Å². The Morgan fingerprint density at radius 1 is 1.25 bits per heavy atom. The Kier molecular flexibility index (Phi) is 306. The maximum atomic E-state index is 3.25. The fourth-order valence-corrected chi connectivity index (χ4v) is 0. The van der Waals surface area contributed by atoms with Crippen LogP contribution < -0.4 is 0 Å². The van der Waals surface area contributed by atoms with Gasteiger partial charge < -0.3 is 13.1 Å². The topological polar surface area (TPSA) is 33.5 Å². The summed E-state index contributed by atoms with van der Waals surface area (Å²) in [6, 6.07) is 0. The Bertz CT molecular complexity index is 6.00. The summed E-state index contributed by atoms with van der Waals surface area (Å²) in [6.07, 6.45) is 0. The number of hydrogen-bond acceptors (Lipinski definition) is 0. The fourth-order valence-electron chi connectivity index (χ4n) is 0. The molecule has 0 aliphatic heterocycles. The molecule has 0 amide bonds. The van der Waals surface area contributed by atoms with Crippen molar-refractivity contribution in [2.45, 2.75) is 6.92 Å². The molecule has 2 N–H and O–H groups in total. The predicted molar refractivity (Wildman–Crippen MR) is 16.3 cm³/mol. The van der Waals surface area contributed by atoms with Gasteiger partial charge in [0.1, 0.15) is 0 Å². The quantitative estimate of drug-likeness (QED) is 0.561. The first-order valence-electron chi connectivity index (χ1n) is 0.707. The maximum absolute atomic E-state index is 3.25. The van der Waals surface area contributed by atoms with E-state index in [0.29, 0.717) is 0 Å². The van der Waals surface area contributed by atoms with E-state index < -0.39 is 0 Å². The summed E-state index contributed by atoms with van der Waals surface area (Å²) in [7, 11) is 0. The smallest absolute Gasteiger partial charge is 0.693 e. The van der Waals surface area contributed by atoms with Crippen LogP contribution in [-0.4, -0.2) is 0 Å². The Balaban J connectivity index is -0.00000000500. The van der Waals surface area contributed by atoms with E-state index in [1.807, 2.05) is 0 Å². The van der Waals surface area contributed by atoms with Crippen molar-refractivity contribution in [2.75, 3.05) is 0 Å². The molecule has 1 nitrogen and oxygen atoms in total. The third kappa shape index (κ3) is 15.9. The van der Waals surface area contributed by atoms with Crippen molar-refractivity contribution in [3.05, 3.63) is 13.1 Å². The summed E-state index contributed by atoms with van der Waals surface area (Å²) in [4.78, 5) is 0. The van der Waals surface area contributed by atoms with Crippen molar-refractivity contribution in [1.82, 2.24) is 0 Å². The van der Waals surface area contributed by atoms with Gasteiger partial charge in [-0.2, -0.15) is 6.92 Å². The summed E-state index contributed by atoms with van der Waals surface area (Å²) in [5, 5.41) is 0. The van der Waals surface area contributed by atoms with Gasteiger partial charge >= 0.3 is 22.4 Å². The second-order valence-electron chi connectivity index (χ2n) is 0. The molecule has 0 atom stereocenters. The second kappa shape index (κ2) is 55.0. The molecule has 0 rings (SSSR count). The van der Waals surface area contributed by atoms with E-state index in [9.17, 15) is 0 Å². The SMILES string of the molecule is [CH2-]C.[NH2-].[Ta+2]. The molecule has 0 aliphatic rings. The van der Waals surface area contributed by atoms with Gasteiger partial charge in [0.05, 0.1) is 0 Å². The van der Waals surface area contributed by atoms with Gasteiger partial charge in [-0.25, -0.2) is 0 Å². The zero-order valence-electron chi connectivity index (χ0n) is 2.73. The van der Waals surface area contributed by atoms with E-state index >= 15 is 0 Å². The van der Waals surface area contributed by atoms with Gasteiger partial charge in [-0.3, -0.25) is 0 Å². The van der Waals surface area contributed by atoms with Crippen LogP contribution in [0.5, 0.6) is 0 Å². The molecule has 4 heavy (non-hydrogen) atoms. The van der Waals surface area contributed by atoms with Gasteiger partial charge in [-0.1, -0.05) is 0 Å². The molecule has 0 bridgehead atoms. The van der Waals surface area contributed by atoms with Crippen LogP contribution in [0.1, 0.15) is 6.92 Å². The van der Waals surface area contributed by atoms with Crippen LogP contribution in [0.4, 0.5) is 0 Å². The number of nitrogens with two attached hydrogens (primary N) is 1. The van der Waals surface area contributed by atoms with Gasteiger partial charge in [-0.05, 0) is 0 Å². The zero-order chi connectivity index (χ0) is 2.00. The van der Waals surface area contributed by atoms with E-state index in [4.69, 9.17) is 0 Å². The fraction of sp³-hybridized carbons (Fsp3) is 0.500. The number of hydrogen-bond donors (Lipinski definition) is 0.